The minimum absolute atomic E-state index is 0.265. The van der Waals surface area contributed by atoms with E-state index in [4.69, 9.17) is 21.1 Å². The number of piperidine rings is 1. The molecule has 0 aromatic heterocycles. The smallest absolute Gasteiger partial charge is 0.296 e. The van der Waals surface area contributed by atoms with Crippen LogP contribution in [0.15, 0.2) is 53.5 Å². The molecule has 3 aliphatic rings. The van der Waals surface area contributed by atoms with Crippen LogP contribution in [0, 0.1) is 0 Å². The molecule has 0 bridgehead atoms. The molecule has 0 saturated carbocycles. The van der Waals surface area contributed by atoms with Crippen molar-refractivity contribution in [1.29, 1.82) is 0 Å². The van der Waals surface area contributed by atoms with Crippen LogP contribution in [0.4, 0.5) is 0 Å². The predicted octanol–water partition coefficient (Wildman–Crippen LogP) is 3.18. The van der Waals surface area contributed by atoms with E-state index in [1.165, 1.54) is 11.1 Å². The second kappa shape index (κ2) is 7.13. The Kier molecular flexibility index (Phi) is 4.57. The van der Waals surface area contributed by atoms with Crippen molar-refractivity contribution in [2.75, 3.05) is 13.1 Å². The maximum absolute atomic E-state index is 12.4. The molecule has 2 atom stereocenters. The molecule has 1 saturated heterocycles. The van der Waals surface area contributed by atoms with Crippen LogP contribution in [0.25, 0.3) is 0 Å². The lowest BCUT2D eigenvalue weighted by atomic mass is 9.84. The number of benzene rings is 2. The van der Waals surface area contributed by atoms with Crippen molar-refractivity contribution in [3.8, 4) is 0 Å². The maximum atomic E-state index is 12.4. The molecule has 1 spiro atoms. The lowest BCUT2D eigenvalue weighted by molar-refractivity contribution is -0.127. The Bertz CT molecular complexity index is 967. The molecule has 1 fully saturated rings. The first kappa shape index (κ1) is 18.6. The van der Waals surface area contributed by atoms with Gasteiger partial charge in [-0.05, 0) is 41.7 Å². The fourth-order valence-electron chi connectivity index (χ4n) is 4.38. The molecular weight excluding hydrogens is 392 g/mol. The van der Waals surface area contributed by atoms with E-state index in [2.05, 4.69) is 17.1 Å². The number of amides is 1. The Labute approximate surface area is 173 Å². The second-order valence-electron chi connectivity index (χ2n) is 7.69. The van der Waals surface area contributed by atoms with Crippen LogP contribution < -0.4 is 0 Å². The lowest BCUT2D eigenvalue weighted by Gasteiger charge is -2.39. The van der Waals surface area contributed by atoms with Crippen molar-refractivity contribution in [3.63, 3.8) is 0 Å². The maximum Gasteiger partial charge on any atom is 0.296 e. The van der Waals surface area contributed by atoms with Gasteiger partial charge in [-0.15, -0.1) is 0 Å². The van der Waals surface area contributed by atoms with Gasteiger partial charge in [0.2, 0.25) is 6.10 Å². The summed E-state index contributed by atoms with van der Waals surface area (Å²) in [5, 5.41) is 11.1. The highest BCUT2D eigenvalue weighted by atomic mass is 35.5. The quantitative estimate of drug-likeness (QED) is 0.820. The number of ether oxygens (including phenoxy) is 2. The van der Waals surface area contributed by atoms with Gasteiger partial charge in [0.15, 0.2) is 0 Å². The number of aliphatic hydroxyl groups is 1. The highest BCUT2D eigenvalue weighted by Gasteiger charge is 2.45. The number of hydrogen-bond donors (Lipinski definition) is 1. The van der Waals surface area contributed by atoms with E-state index in [1.54, 1.807) is 24.3 Å². The topological polar surface area (TPSA) is 71.4 Å². The van der Waals surface area contributed by atoms with Gasteiger partial charge in [0, 0.05) is 18.1 Å². The summed E-state index contributed by atoms with van der Waals surface area (Å²) in [5.41, 5.74) is 2.81. The van der Waals surface area contributed by atoms with Gasteiger partial charge in [-0.1, -0.05) is 48.0 Å². The van der Waals surface area contributed by atoms with Gasteiger partial charge in [0.05, 0.1) is 12.2 Å². The zero-order valence-corrected chi connectivity index (χ0v) is 16.5. The summed E-state index contributed by atoms with van der Waals surface area (Å²) in [5.74, 6) is -0.467. The molecular formula is C22H21ClN2O4. The summed E-state index contributed by atoms with van der Waals surface area (Å²) < 4.78 is 12.0. The van der Waals surface area contributed by atoms with E-state index < -0.39 is 18.1 Å². The average molecular weight is 413 g/mol. The van der Waals surface area contributed by atoms with Crippen LogP contribution in [0.3, 0.4) is 0 Å². The number of fused-ring (bicyclic) bond motifs is 2. The third kappa shape index (κ3) is 3.21. The highest BCUT2D eigenvalue weighted by Crippen LogP contribution is 2.44. The van der Waals surface area contributed by atoms with Gasteiger partial charge in [-0.2, -0.15) is 4.99 Å². The number of aliphatic imine (C=N–C) groups is 1. The molecule has 3 heterocycles. The molecule has 3 aliphatic heterocycles. The number of hydrogen-bond acceptors (Lipinski definition) is 5. The third-order valence-corrected chi connectivity index (χ3v) is 6.29. The van der Waals surface area contributed by atoms with Gasteiger partial charge in [0.25, 0.3) is 11.9 Å². The van der Waals surface area contributed by atoms with E-state index in [-0.39, 0.29) is 11.6 Å². The summed E-state index contributed by atoms with van der Waals surface area (Å²) in [6.45, 7) is 1.98. The van der Waals surface area contributed by atoms with Crippen LogP contribution in [-0.2, 0) is 26.5 Å². The first-order valence-electron chi connectivity index (χ1n) is 9.76. The summed E-state index contributed by atoms with van der Waals surface area (Å²) >= 11 is 5.89. The number of carbonyl (C=O) groups excluding carboxylic acids is 1. The van der Waals surface area contributed by atoms with Crippen LogP contribution >= 0.6 is 11.6 Å². The Balaban J connectivity index is 1.26. The molecule has 6 nitrogen and oxygen atoms in total. The van der Waals surface area contributed by atoms with E-state index in [1.807, 2.05) is 17.0 Å². The first-order valence-corrected chi connectivity index (χ1v) is 10.1. The first-order chi connectivity index (χ1) is 14.1. The van der Waals surface area contributed by atoms with Crippen LogP contribution in [-0.4, -0.2) is 41.1 Å². The number of carbonyl (C=O) groups is 1. The number of amidine groups is 1. The molecule has 150 valence electrons. The van der Waals surface area contributed by atoms with Crippen molar-refractivity contribution in [2.24, 2.45) is 4.99 Å². The Morgan fingerprint density at radius 2 is 1.86 bits per heavy atom. The van der Waals surface area contributed by atoms with Crippen LogP contribution in [0.1, 0.15) is 35.6 Å². The standard InChI is InChI=1S/C22H21ClN2O4/c23-16-7-5-14(6-8-16)18(26)19-20(27)24-21(29-19)25-11-9-22(10-12-25)17-4-2-1-3-15(17)13-28-22/h1-8,18-19,26H,9-13H2. The molecule has 0 aliphatic carbocycles. The van der Waals surface area contributed by atoms with Gasteiger partial charge in [0.1, 0.15) is 6.10 Å². The molecule has 1 N–H and O–H groups in total. The van der Waals surface area contributed by atoms with Gasteiger partial charge in [-0.25, -0.2) is 0 Å². The fourth-order valence-corrected chi connectivity index (χ4v) is 4.51. The summed E-state index contributed by atoms with van der Waals surface area (Å²) in [6, 6.07) is 15.3. The van der Waals surface area contributed by atoms with Gasteiger partial charge in [-0.3, -0.25) is 4.79 Å². The molecule has 5 rings (SSSR count). The summed E-state index contributed by atoms with van der Waals surface area (Å²) in [7, 11) is 0. The highest BCUT2D eigenvalue weighted by molar-refractivity contribution is 6.30. The van der Waals surface area contributed by atoms with Crippen LogP contribution in [0.5, 0.6) is 0 Å². The fraction of sp³-hybridized carbons (Fsp3) is 0.364. The van der Waals surface area contributed by atoms with Crippen molar-refractivity contribution in [2.45, 2.75) is 37.3 Å². The average Bonchev–Trinajstić information content (AvgIpc) is 3.30. The number of rotatable bonds is 2. The molecule has 2 aromatic carbocycles. The van der Waals surface area contributed by atoms with Gasteiger partial charge >= 0.3 is 0 Å². The number of aliphatic hydroxyl groups excluding tert-OH is 1. The Morgan fingerprint density at radius 3 is 2.62 bits per heavy atom. The molecule has 1 amide bonds. The number of halogens is 1. The molecule has 7 heteroatoms. The van der Waals surface area contributed by atoms with Crippen molar-refractivity contribution >= 4 is 23.5 Å². The Morgan fingerprint density at radius 1 is 1.14 bits per heavy atom. The monoisotopic (exact) mass is 412 g/mol. The molecule has 2 unspecified atom stereocenters. The summed E-state index contributed by atoms with van der Waals surface area (Å²) in [6.07, 6.45) is -0.539. The van der Waals surface area contributed by atoms with E-state index in [0.717, 1.165) is 12.8 Å². The zero-order chi connectivity index (χ0) is 20.0. The predicted molar refractivity (Wildman–Crippen MR) is 107 cm³/mol. The summed E-state index contributed by atoms with van der Waals surface area (Å²) in [4.78, 5) is 18.4. The number of likely N-dealkylation sites (tertiary alicyclic amines) is 1. The zero-order valence-electron chi connectivity index (χ0n) is 15.8. The van der Waals surface area contributed by atoms with E-state index >= 15 is 0 Å². The molecule has 29 heavy (non-hydrogen) atoms. The van der Waals surface area contributed by atoms with Gasteiger partial charge < -0.3 is 19.5 Å². The Hall–Kier alpha value is -2.41. The minimum Gasteiger partial charge on any atom is -0.448 e. The van der Waals surface area contributed by atoms with E-state index in [0.29, 0.717) is 30.3 Å². The van der Waals surface area contributed by atoms with Crippen molar-refractivity contribution < 1.29 is 19.4 Å². The minimum atomic E-state index is -1.10. The third-order valence-electron chi connectivity index (χ3n) is 6.03. The molecule has 2 aromatic rings. The van der Waals surface area contributed by atoms with E-state index in [9.17, 15) is 9.90 Å². The van der Waals surface area contributed by atoms with Crippen molar-refractivity contribution in [3.05, 3.63) is 70.2 Å². The number of nitrogens with zero attached hydrogens (tertiary/aromatic N) is 2. The largest absolute Gasteiger partial charge is 0.448 e. The second-order valence-corrected chi connectivity index (χ2v) is 8.13. The SMILES string of the molecule is O=C1N=C(N2CCC3(CC2)OCc2ccccc23)OC1C(O)c1ccc(Cl)cc1. The molecule has 0 radical (unpaired) electrons. The normalized spacial score (nSPS) is 23.7. The van der Waals surface area contributed by atoms with Crippen LogP contribution in [0.2, 0.25) is 5.02 Å². The van der Waals surface area contributed by atoms with Crippen molar-refractivity contribution in [1.82, 2.24) is 4.90 Å². The lowest BCUT2D eigenvalue weighted by Crippen LogP contribution is -2.45.